The number of ether oxygens (including phenoxy) is 4. The molecule has 0 spiro atoms. The zero-order chi connectivity index (χ0) is 38.9. The van der Waals surface area contributed by atoms with Crippen molar-refractivity contribution in [3.8, 4) is 5.75 Å². The molecule has 288 valence electrons. The average molecular weight is 807 g/mol. The van der Waals surface area contributed by atoms with Gasteiger partial charge in [0.2, 0.25) is 0 Å². The predicted molar refractivity (Wildman–Crippen MR) is 180 cm³/mol. The Balaban J connectivity index is 1.42. The molecule has 20 nitrogen and oxygen atoms in total. The van der Waals surface area contributed by atoms with E-state index in [2.05, 4.69) is 9.97 Å². The number of aliphatic hydroxyl groups is 2. The number of carbonyl (C=O) groups excluding carboxylic acids is 2. The van der Waals surface area contributed by atoms with E-state index in [0.717, 1.165) is 35.4 Å². The van der Waals surface area contributed by atoms with Crippen molar-refractivity contribution < 1.29 is 56.9 Å². The molecule has 0 amide bonds. The molecule has 0 radical (unpaired) electrons. The van der Waals surface area contributed by atoms with Crippen LogP contribution in [0.25, 0.3) is 0 Å². The van der Waals surface area contributed by atoms with Crippen molar-refractivity contribution in [1.29, 1.82) is 0 Å². The quantitative estimate of drug-likeness (QED) is 0.144. The molecule has 1 aromatic carbocycles. The van der Waals surface area contributed by atoms with E-state index < -0.39 is 105 Å². The number of aromatic nitrogens is 4. The molecule has 5 rings (SSSR count). The fraction of sp³-hybridized carbons (Fsp3) is 0.467. The summed E-state index contributed by atoms with van der Waals surface area (Å²) in [4.78, 5) is 77.3. The molecule has 3 aromatic rings. The minimum atomic E-state index is -4.94. The Labute approximate surface area is 307 Å². The molecule has 4 N–H and O–H groups in total. The third-order valence-electron chi connectivity index (χ3n) is 7.97. The van der Waals surface area contributed by atoms with Crippen LogP contribution in [-0.4, -0.2) is 91.1 Å². The number of hydrogen-bond acceptors (Lipinski definition) is 16. The van der Waals surface area contributed by atoms with Gasteiger partial charge in [0, 0.05) is 48.5 Å². The van der Waals surface area contributed by atoms with Crippen LogP contribution in [0.4, 0.5) is 0 Å². The van der Waals surface area contributed by atoms with E-state index in [1.807, 2.05) is 0 Å². The highest BCUT2D eigenvalue weighted by Crippen LogP contribution is 2.52. The number of aryl methyl sites for hydroxylation is 2. The Morgan fingerprint density at radius 3 is 1.66 bits per heavy atom. The van der Waals surface area contributed by atoms with Gasteiger partial charge in [-0.3, -0.25) is 47.3 Å². The van der Waals surface area contributed by atoms with Gasteiger partial charge in [0.05, 0.1) is 18.2 Å². The van der Waals surface area contributed by atoms with Gasteiger partial charge in [-0.2, -0.15) is 0 Å². The number of aromatic amines is 2. The Hall–Kier alpha value is -4.11. The summed E-state index contributed by atoms with van der Waals surface area (Å²) in [5.74, 6) is -2.00. The average Bonchev–Trinajstić information content (AvgIpc) is 3.54. The zero-order valence-corrected chi connectivity index (χ0v) is 30.5. The summed E-state index contributed by atoms with van der Waals surface area (Å²) in [5, 5.41) is 22.2. The standard InChI is InChI=1S/C30H33Cl2N4O16P/c1-12-8-35(29(43)33-25(12)41)27-23(48-14(3)37)21(39)19(50-27)10-46-53(45,52-18-7-16(31)5-6-17(18)32)47-11-20-22(40)24(49-15(4)38)28(51-20)36-9-13(2)26(42)34-30(36)44/h5-9,19-24,27-28,39-40H,10-11H2,1-4H3,(H,33,41,43)(H,34,42,44). The number of rotatable bonds is 12. The Kier molecular flexibility index (Phi) is 12.2. The van der Waals surface area contributed by atoms with Gasteiger partial charge in [-0.25, -0.2) is 14.2 Å². The third-order valence-corrected chi connectivity index (χ3v) is 9.87. The molecule has 53 heavy (non-hydrogen) atoms. The van der Waals surface area contributed by atoms with Crippen LogP contribution in [-0.2, 0) is 42.1 Å². The van der Waals surface area contributed by atoms with Crippen molar-refractivity contribution in [2.24, 2.45) is 0 Å². The Morgan fingerprint density at radius 2 is 1.25 bits per heavy atom. The maximum Gasteiger partial charge on any atom is 0.530 e. The van der Waals surface area contributed by atoms with E-state index in [0.29, 0.717) is 0 Å². The van der Waals surface area contributed by atoms with Gasteiger partial charge in [-0.05, 0) is 26.0 Å². The van der Waals surface area contributed by atoms with E-state index in [9.17, 15) is 43.5 Å². The van der Waals surface area contributed by atoms with Crippen molar-refractivity contribution in [2.75, 3.05) is 13.2 Å². The first-order chi connectivity index (χ1) is 24.9. The number of carbonyl (C=O) groups is 2. The molecule has 23 heteroatoms. The molecule has 8 atom stereocenters. The summed E-state index contributed by atoms with van der Waals surface area (Å²) in [5.41, 5.74) is -3.11. The third kappa shape index (κ3) is 8.99. The Morgan fingerprint density at radius 1 is 0.811 bits per heavy atom. The number of phosphoric acid groups is 1. The lowest BCUT2D eigenvalue weighted by molar-refractivity contribution is -0.156. The zero-order valence-electron chi connectivity index (χ0n) is 28.1. The van der Waals surface area contributed by atoms with Gasteiger partial charge < -0.3 is 33.7 Å². The topological polar surface area (TPSA) is 266 Å². The van der Waals surface area contributed by atoms with E-state index in [1.165, 1.54) is 32.0 Å². The number of hydrogen-bond donors (Lipinski definition) is 4. The molecule has 0 saturated carbocycles. The molecule has 4 heterocycles. The number of nitrogens with zero attached hydrogens (tertiary/aromatic N) is 2. The van der Waals surface area contributed by atoms with Crippen LogP contribution in [0.15, 0.2) is 49.8 Å². The molecule has 2 fully saturated rings. The van der Waals surface area contributed by atoms with Gasteiger partial charge in [-0.15, -0.1) is 0 Å². The monoisotopic (exact) mass is 806 g/mol. The maximum atomic E-state index is 14.3. The van der Waals surface area contributed by atoms with Crippen LogP contribution >= 0.6 is 31.0 Å². The number of aliphatic hydroxyl groups excluding tert-OH is 2. The minimum Gasteiger partial charge on any atom is -0.455 e. The smallest absolute Gasteiger partial charge is 0.455 e. The van der Waals surface area contributed by atoms with Crippen molar-refractivity contribution in [1.82, 2.24) is 19.1 Å². The second kappa shape index (κ2) is 16.1. The first-order valence-corrected chi connectivity index (χ1v) is 17.8. The number of benzene rings is 1. The van der Waals surface area contributed by atoms with Crippen molar-refractivity contribution in [2.45, 2.75) is 76.8 Å². The van der Waals surface area contributed by atoms with Crippen LogP contribution in [0.1, 0.15) is 37.4 Å². The first kappa shape index (κ1) is 40.1. The van der Waals surface area contributed by atoms with Gasteiger partial charge in [0.1, 0.15) is 24.4 Å². The summed E-state index contributed by atoms with van der Waals surface area (Å²) < 4.78 is 54.8. The number of H-pyrrole nitrogens is 2. The van der Waals surface area contributed by atoms with Crippen LogP contribution in [0.2, 0.25) is 10.0 Å². The summed E-state index contributed by atoms with van der Waals surface area (Å²) in [6.45, 7) is 3.25. The van der Waals surface area contributed by atoms with Crippen molar-refractivity contribution >= 4 is 43.0 Å². The molecule has 2 aromatic heterocycles. The van der Waals surface area contributed by atoms with Gasteiger partial charge in [0.15, 0.2) is 30.4 Å². The fourth-order valence-electron chi connectivity index (χ4n) is 5.43. The highest BCUT2D eigenvalue weighted by molar-refractivity contribution is 7.49. The summed E-state index contributed by atoms with van der Waals surface area (Å²) >= 11 is 12.3. The Bertz CT molecular complexity index is 2050. The van der Waals surface area contributed by atoms with E-state index in [-0.39, 0.29) is 26.9 Å². The van der Waals surface area contributed by atoms with E-state index >= 15 is 0 Å². The largest absolute Gasteiger partial charge is 0.530 e. The molecular weight excluding hydrogens is 774 g/mol. The van der Waals surface area contributed by atoms with Crippen LogP contribution < -0.4 is 27.0 Å². The highest BCUT2D eigenvalue weighted by Gasteiger charge is 2.51. The molecule has 0 bridgehead atoms. The number of halogens is 2. The lowest BCUT2D eigenvalue weighted by Crippen LogP contribution is -2.40. The molecular formula is C30H33Cl2N4O16P. The summed E-state index contributed by atoms with van der Waals surface area (Å²) in [6, 6.07) is 3.90. The number of esters is 2. The predicted octanol–water partition coefficient (Wildman–Crippen LogP) is 0.611. The summed E-state index contributed by atoms with van der Waals surface area (Å²) in [7, 11) is -4.94. The van der Waals surface area contributed by atoms with Gasteiger partial charge >= 0.3 is 31.1 Å². The summed E-state index contributed by atoms with van der Waals surface area (Å²) in [6.07, 6.45) is -10.2. The normalized spacial score (nSPS) is 26.6. The van der Waals surface area contributed by atoms with Gasteiger partial charge in [0.25, 0.3) is 11.1 Å². The van der Waals surface area contributed by atoms with Crippen molar-refractivity contribution in [3.63, 3.8) is 0 Å². The van der Waals surface area contributed by atoms with Crippen LogP contribution in [0.3, 0.4) is 0 Å². The second-order valence-corrected chi connectivity index (χ2v) is 14.4. The molecule has 8 unspecified atom stereocenters. The molecule has 0 aliphatic carbocycles. The first-order valence-electron chi connectivity index (χ1n) is 15.6. The fourth-order valence-corrected chi connectivity index (χ4v) is 7.04. The molecule has 2 saturated heterocycles. The molecule has 2 aliphatic rings. The lowest BCUT2D eigenvalue weighted by Gasteiger charge is -2.23. The van der Waals surface area contributed by atoms with Crippen molar-refractivity contribution in [3.05, 3.63) is 93.4 Å². The van der Waals surface area contributed by atoms with E-state index in [1.54, 1.807) is 0 Å². The number of nitrogens with one attached hydrogen (secondary N) is 2. The number of phosphoric ester groups is 1. The molecule has 2 aliphatic heterocycles. The van der Waals surface area contributed by atoms with Gasteiger partial charge in [-0.1, -0.05) is 23.2 Å². The highest BCUT2D eigenvalue weighted by atomic mass is 35.5. The SMILES string of the molecule is CC(=O)OC1C(O)C(COP(=O)(OCC2OC(n3cc(C)c(=O)[nH]c3=O)C(OC(C)=O)C2O)Oc2cc(Cl)ccc2Cl)OC1n1cc(C)c(=O)[nH]c1=O. The van der Waals surface area contributed by atoms with Crippen LogP contribution in [0.5, 0.6) is 5.75 Å². The lowest BCUT2D eigenvalue weighted by atomic mass is 10.1. The van der Waals surface area contributed by atoms with E-state index in [4.69, 9.17) is 55.7 Å². The maximum absolute atomic E-state index is 14.3. The van der Waals surface area contributed by atoms with Crippen LogP contribution in [0, 0.1) is 13.8 Å². The second-order valence-electron chi connectivity index (χ2n) is 11.9. The minimum absolute atomic E-state index is 0.0868.